The first-order valence-electron chi connectivity index (χ1n) is 54.3. The number of nitrogens with zero attached hydrogens (tertiary/aromatic N) is 4. The van der Waals surface area contributed by atoms with Crippen molar-refractivity contribution >= 4 is 81.5 Å². The molecule has 14 rings (SSSR count). The van der Waals surface area contributed by atoms with E-state index in [1.54, 1.807) is 113 Å². The summed E-state index contributed by atoms with van der Waals surface area (Å²) in [4.78, 5) is 132. The number of amides is 2. The van der Waals surface area contributed by atoms with Crippen molar-refractivity contribution in [3.63, 3.8) is 0 Å². The fourth-order valence-electron chi connectivity index (χ4n) is 24.2. The Kier molecular flexibility index (Phi) is 45.1. The number of methoxy groups -OCH3 is 6. The van der Waals surface area contributed by atoms with Gasteiger partial charge in [0.25, 0.3) is 23.4 Å². The first-order valence-corrected chi connectivity index (χ1v) is 55.1. The van der Waals surface area contributed by atoms with Crippen LogP contribution in [0.4, 0.5) is 11.4 Å². The molecule has 826 valence electrons. The van der Waals surface area contributed by atoms with Crippen LogP contribution in [-0.2, 0) is 95.4 Å². The highest BCUT2D eigenvalue weighted by atomic mass is 35.5. The number of anilines is 2. The Morgan fingerprint density at radius 3 is 1.33 bits per heavy atom. The molecule has 0 aromatic heterocycles. The summed E-state index contributed by atoms with van der Waals surface area (Å²) in [5, 5.41) is 73.8. The molecule has 34 atom stereocenters. The molecule has 5 saturated heterocycles. The number of hydroxylamine groups is 2. The number of ketones is 4. The summed E-state index contributed by atoms with van der Waals surface area (Å²) in [6.07, 6.45) is 13.3. The lowest BCUT2D eigenvalue weighted by Gasteiger charge is -2.43. The third kappa shape index (κ3) is 29.9. The number of hydrogen-bond acceptors (Lipinski definition) is 28. The Bertz CT molecular complexity index is 4950. The number of ether oxygens (including phenoxy) is 10. The van der Waals surface area contributed by atoms with E-state index in [1.165, 1.54) is 16.9 Å². The van der Waals surface area contributed by atoms with E-state index in [0.717, 1.165) is 54.5 Å². The molecule has 32 heteroatoms. The summed E-state index contributed by atoms with van der Waals surface area (Å²) >= 11 is 13.7. The molecule has 0 radical (unpaired) electrons. The van der Waals surface area contributed by atoms with Gasteiger partial charge in [0.2, 0.25) is 11.6 Å². The van der Waals surface area contributed by atoms with Crippen molar-refractivity contribution in [3.8, 4) is 0 Å². The maximum atomic E-state index is 14.5. The first-order chi connectivity index (χ1) is 70.2. The van der Waals surface area contributed by atoms with Crippen molar-refractivity contribution < 1.29 is 126 Å². The number of esters is 2. The van der Waals surface area contributed by atoms with Crippen molar-refractivity contribution in [2.45, 2.75) is 397 Å². The van der Waals surface area contributed by atoms with E-state index in [2.05, 4.69) is 46.1 Å². The molecule has 10 aliphatic heterocycles. The summed E-state index contributed by atoms with van der Waals surface area (Å²) < 4.78 is 60.4. The molecule has 0 spiro atoms. The summed E-state index contributed by atoms with van der Waals surface area (Å²) in [5.41, 5.74) is 5.55. The fraction of sp³-hybridized carbons (Fsp3) is 0.707. The second kappa shape index (κ2) is 55.2. The van der Waals surface area contributed by atoms with E-state index in [-0.39, 0.29) is 134 Å². The molecule has 7 fully saturated rings. The minimum Gasteiger partial charge on any atom is -0.460 e. The minimum atomic E-state index is -2.49. The van der Waals surface area contributed by atoms with Crippen molar-refractivity contribution in [1.29, 1.82) is 0 Å². The van der Waals surface area contributed by atoms with Gasteiger partial charge in [-0.25, -0.2) is 14.7 Å². The molecular weight excluding hydrogens is 1940 g/mol. The molecule has 6 N–H and O–H groups in total. The normalized spacial score (nSPS) is 39.0. The maximum absolute atomic E-state index is 14.5. The Balaban J connectivity index is 0.000000281. The quantitative estimate of drug-likeness (QED) is 0.0581. The van der Waals surface area contributed by atoms with Gasteiger partial charge in [-0.05, 0) is 280 Å². The second-order valence-corrected chi connectivity index (χ2v) is 45.6. The molecular formula is C116H172Cl2N4O26. The molecule has 2 unspecified atom stereocenters. The number of carbonyl (C=O) groups excluding carboxylic acids is 8. The van der Waals surface area contributed by atoms with Crippen LogP contribution in [0.5, 0.6) is 0 Å². The van der Waals surface area contributed by atoms with Gasteiger partial charge in [-0.1, -0.05) is 160 Å². The van der Waals surface area contributed by atoms with Crippen molar-refractivity contribution in [1.82, 2.24) is 9.80 Å². The summed E-state index contributed by atoms with van der Waals surface area (Å²) in [7, 11) is 9.41. The van der Waals surface area contributed by atoms with Crippen LogP contribution in [0.15, 0.2) is 132 Å². The van der Waals surface area contributed by atoms with Gasteiger partial charge in [0.15, 0.2) is 0 Å². The number of allylic oxidation sites excluding steroid dienone is 2. The highest BCUT2D eigenvalue weighted by Crippen LogP contribution is 2.47. The van der Waals surface area contributed by atoms with E-state index in [0.29, 0.717) is 135 Å². The smallest absolute Gasteiger partial charge is 0.329 e. The molecule has 2 aromatic rings. The molecule has 30 nitrogen and oxygen atoms in total. The SMILES string of the molecule is C=C1[C@H](C)C[C@H](C)C2C=C[C@H](/C=C(\C)[C@@H](OC)C[C@@H]3CC[C@@H](C)[C@@](O)(O3)C(=O)C(=O)N3CCCC[C@H]3C(=O)O[C@H]([C@H](C)C[C@@H]3CC[C@@H](O)[C@H](OC)C3)CC(=O)[C@H](C)/C=C(\C)[C@@H](O)[C@H]1OC)ON2c1c(Cl)cccc1Cl.C=C1[C@H](C)C[C@H](C)C2CC[C@H](/C=C(\C)[C@@H](OC)C[C@@H]3CC[C@@H](C)[C@@](O)(O3)C(=O)C(=O)N3CCCC[C@H]3C(=O)O[C@H]([C@H](C)C[C@@H]3CC[C@@H](O)[C@H](OC)C3)CC(=O)[C@H](C)/C=C(\C)[C@@H](O)[C@H]1OC)ON2c1ccccc1. The zero-order valence-electron chi connectivity index (χ0n) is 91.2. The van der Waals surface area contributed by atoms with Gasteiger partial charge in [0.1, 0.15) is 78.2 Å². The average molecular weight is 2110 g/mol. The number of benzene rings is 2. The first kappa shape index (κ1) is 121. The molecule has 2 amide bonds. The van der Waals surface area contributed by atoms with Crippen LogP contribution < -0.4 is 10.1 Å². The number of Topliss-reactive ketones (excluding diaryl/α,β-unsaturated/α-hetero) is 4. The lowest BCUT2D eigenvalue weighted by atomic mass is 9.78. The lowest BCUT2D eigenvalue weighted by molar-refractivity contribution is -0.265. The number of halogens is 2. The summed E-state index contributed by atoms with van der Waals surface area (Å²) in [6, 6.07) is 12.7. The van der Waals surface area contributed by atoms with Crippen LogP contribution in [-0.4, -0.2) is 276 Å². The standard InChI is InChI=1S/C58H84Cl2N2O13.C58H88N2O13/c1-32-25-33(2)45-22-21-42(75-62(45)52-43(59)15-14-16-44(52)60)28-36(5)49(70-9)30-41-20-18-38(7)58(69,74-41)55(66)56(67)61-24-13-12-17-46(61)57(68)73-50(35(4)27-40-19-23-47(63)51(29-40)71-10)31-48(64)34(3)26-37(6)53(65)54(72-11)39(32)8;1-34-27-35(2)46-24-23-45(73-60(46)43-17-13-12-14-18-43)30-38(5)50(68-9)32-44-22-20-40(7)58(67,72-44)55(64)56(65)59-26-16-15-19-47(59)57(66)71-51(37(4)29-42-21-25-48(61)52(31-42)69-10)33-49(62)36(3)28-39(6)53(63)54(70-11)41(34)8/h14-16,21-22,26,28,32-35,38,40-42,45-47,49-51,53-54,63,65,69H,8,12-13,17-20,23-25,27,29-31H2,1-7,9-11H3;12-14,17-18,28,30,34-37,40,42,44-48,50-54,61,63,67H,8,15-16,19-27,29,31-33H2,1-7,9-11H3/b36-28+,37-26+;38-30+,39-28+/t32-,33+,34-,35-,38-,40+,41+,42-,45?,46+,47-,49+,50+,51-,53-,54+,58-;34-,35+,36-,37-,40-,42+,44+,45-,46?,47+,48-,50+,51+,52-,53-,54+,58-/m11/s1. The highest BCUT2D eigenvalue weighted by molar-refractivity contribution is 6.40. The number of rotatable bonds is 14. The van der Waals surface area contributed by atoms with Crippen LogP contribution in [0.3, 0.4) is 0 Å². The van der Waals surface area contributed by atoms with Gasteiger partial charge >= 0.3 is 11.9 Å². The number of carbonyl (C=O) groups is 8. The number of aliphatic hydroxyl groups is 6. The predicted octanol–water partition coefficient (Wildman–Crippen LogP) is 17.1. The van der Waals surface area contributed by atoms with Crippen LogP contribution >= 0.6 is 23.2 Å². The van der Waals surface area contributed by atoms with Gasteiger partial charge in [-0.2, -0.15) is 0 Å². The van der Waals surface area contributed by atoms with Crippen LogP contribution in [0.25, 0.3) is 0 Å². The van der Waals surface area contributed by atoms with Gasteiger partial charge in [0.05, 0.1) is 76.6 Å². The monoisotopic (exact) mass is 2110 g/mol. The lowest BCUT2D eigenvalue weighted by Crippen LogP contribution is -2.61. The highest BCUT2D eigenvalue weighted by Gasteiger charge is 2.56. The van der Waals surface area contributed by atoms with Crippen LogP contribution in [0, 0.1) is 71.0 Å². The molecule has 2 aromatic carbocycles. The molecule has 2 saturated carbocycles. The zero-order valence-corrected chi connectivity index (χ0v) is 92.7. The van der Waals surface area contributed by atoms with Gasteiger partial charge in [0, 0.05) is 105 Å². The van der Waals surface area contributed by atoms with Gasteiger partial charge in [-0.3, -0.25) is 43.5 Å². The second-order valence-electron chi connectivity index (χ2n) is 44.8. The molecule has 10 heterocycles. The number of piperidine rings is 2. The number of aliphatic hydroxyl groups excluding tert-OH is 4. The third-order valence-electron chi connectivity index (χ3n) is 34.0. The number of fused-ring (bicyclic) bond motifs is 33. The Hall–Kier alpha value is -7.28. The van der Waals surface area contributed by atoms with E-state index in [1.807, 2.05) is 82.2 Å². The van der Waals surface area contributed by atoms with E-state index in [9.17, 15) is 69.0 Å². The van der Waals surface area contributed by atoms with Crippen molar-refractivity contribution in [3.05, 3.63) is 142 Å². The van der Waals surface area contributed by atoms with E-state index in [4.69, 9.17) is 80.2 Å². The van der Waals surface area contributed by atoms with E-state index < -0.39 is 162 Å². The topological polar surface area (TPSA) is 382 Å². The van der Waals surface area contributed by atoms with Gasteiger partial charge < -0.3 is 87.8 Å². The number of hydrogen-bond donors (Lipinski definition) is 6. The zero-order chi connectivity index (χ0) is 108. The minimum absolute atomic E-state index is 0.00991. The van der Waals surface area contributed by atoms with E-state index >= 15 is 0 Å². The Labute approximate surface area is 888 Å². The third-order valence-corrected chi connectivity index (χ3v) is 34.6. The predicted molar refractivity (Wildman–Crippen MR) is 566 cm³/mol. The summed E-state index contributed by atoms with van der Waals surface area (Å²) in [5.74, 6) is -14.7. The Morgan fingerprint density at radius 2 is 0.899 bits per heavy atom. The molecule has 8 bridgehead atoms. The van der Waals surface area contributed by atoms with Crippen LogP contribution in [0.1, 0.15) is 264 Å². The fourth-order valence-corrected chi connectivity index (χ4v) is 24.8. The number of para-hydroxylation sites is 2. The van der Waals surface area contributed by atoms with Gasteiger partial charge in [-0.15, -0.1) is 0 Å². The largest absolute Gasteiger partial charge is 0.460 e. The summed E-state index contributed by atoms with van der Waals surface area (Å²) in [6.45, 7) is 35.6. The maximum Gasteiger partial charge on any atom is 0.329 e. The van der Waals surface area contributed by atoms with Crippen molar-refractivity contribution in [2.75, 3.05) is 65.9 Å². The van der Waals surface area contributed by atoms with Crippen molar-refractivity contribution in [2.24, 2.45) is 71.0 Å². The average Bonchev–Trinajstić information content (AvgIpc) is 0.791. The Morgan fingerprint density at radius 1 is 0.459 bits per heavy atom. The molecule has 2 aliphatic carbocycles. The molecule has 148 heavy (non-hydrogen) atoms. The molecule has 12 aliphatic rings. The van der Waals surface area contributed by atoms with Crippen LogP contribution in [0.2, 0.25) is 10.0 Å².